The van der Waals surface area contributed by atoms with E-state index in [0.717, 1.165) is 5.69 Å². The molecule has 26 heavy (non-hydrogen) atoms. The monoisotopic (exact) mass is 368 g/mol. The van der Waals surface area contributed by atoms with Gasteiger partial charge in [0.05, 0.1) is 16.8 Å². The Morgan fingerprint density at radius 1 is 1.12 bits per heavy atom. The van der Waals surface area contributed by atoms with Gasteiger partial charge in [0.2, 0.25) is 5.91 Å². The molecule has 6 nitrogen and oxygen atoms in total. The van der Waals surface area contributed by atoms with Gasteiger partial charge in [-0.25, -0.2) is 9.78 Å². The Morgan fingerprint density at radius 3 is 2.62 bits per heavy atom. The highest BCUT2D eigenvalue weighted by Crippen LogP contribution is 2.19. The molecule has 1 N–H and O–H groups in total. The largest absolute Gasteiger partial charge is 0.487 e. The molecule has 0 aliphatic rings. The molecule has 1 amide bonds. The van der Waals surface area contributed by atoms with Crippen molar-refractivity contribution in [1.82, 2.24) is 4.98 Å². The van der Waals surface area contributed by atoms with Crippen molar-refractivity contribution in [2.24, 2.45) is 0 Å². The van der Waals surface area contributed by atoms with Crippen LogP contribution >= 0.6 is 11.3 Å². The van der Waals surface area contributed by atoms with Gasteiger partial charge in [-0.15, -0.1) is 11.3 Å². The van der Waals surface area contributed by atoms with Crippen molar-refractivity contribution in [3.05, 3.63) is 70.7 Å². The lowest BCUT2D eigenvalue weighted by Crippen LogP contribution is -2.09. The van der Waals surface area contributed by atoms with Gasteiger partial charge in [-0.3, -0.25) is 4.79 Å². The molecule has 0 unspecified atom stereocenters. The molecule has 7 heteroatoms. The minimum Gasteiger partial charge on any atom is -0.487 e. The van der Waals surface area contributed by atoms with Crippen LogP contribution in [0.2, 0.25) is 0 Å². The van der Waals surface area contributed by atoms with E-state index in [-0.39, 0.29) is 5.91 Å². The van der Waals surface area contributed by atoms with Gasteiger partial charge in [0.1, 0.15) is 18.1 Å². The summed E-state index contributed by atoms with van der Waals surface area (Å²) in [6, 6.07) is 13.3. The molecule has 0 saturated heterocycles. The van der Waals surface area contributed by atoms with Crippen LogP contribution in [0, 0.1) is 0 Å². The van der Waals surface area contributed by atoms with Gasteiger partial charge in [0, 0.05) is 18.0 Å². The Hall–Kier alpha value is -3.19. The summed E-state index contributed by atoms with van der Waals surface area (Å²) in [4.78, 5) is 27.5. The third kappa shape index (κ3) is 4.90. The van der Waals surface area contributed by atoms with E-state index in [4.69, 9.17) is 9.47 Å². The molecule has 0 atom stereocenters. The summed E-state index contributed by atoms with van der Waals surface area (Å²) < 4.78 is 11.0. The van der Waals surface area contributed by atoms with Crippen molar-refractivity contribution in [2.75, 3.05) is 5.32 Å². The number of amides is 1. The van der Waals surface area contributed by atoms with Gasteiger partial charge in [-0.2, -0.15) is 0 Å². The molecule has 0 aliphatic heterocycles. The van der Waals surface area contributed by atoms with Crippen LogP contribution in [0.15, 0.2) is 59.4 Å². The minimum absolute atomic E-state index is 0.163. The maximum Gasteiger partial charge on any atom is 0.343 e. The molecule has 3 rings (SSSR count). The number of esters is 1. The Bertz CT molecular complexity index is 892. The van der Waals surface area contributed by atoms with Crippen LogP contribution in [-0.2, 0) is 11.4 Å². The zero-order valence-electron chi connectivity index (χ0n) is 14.0. The smallest absolute Gasteiger partial charge is 0.343 e. The van der Waals surface area contributed by atoms with Crippen LogP contribution in [0.1, 0.15) is 23.0 Å². The second kappa shape index (κ2) is 8.26. The number of rotatable bonds is 6. The van der Waals surface area contributed by atoms with Gasteiger partial charge >= 0.3 is 5.97 Å². The molecule has 0 radical (unpaired) electrons. The normalized spacial score (nSPS) is 10.2. The Labute approximate surface area is 154 Å². The maximum atomic E-state index is 12.3. The molecule has 132 valence electrons. The lowest BCUT2D eigenvalue weighted by molar-refractivity contribution is -0.114. The number of carbonyl (C=O) groups is 2. The van der Waals surface area contributed by atoms with E-state index in [1.165, 1.54) is 18.3 Å². The fraction of sp³-hybridized carbons (Fsp3) is 0.105. The van der Waals surface area contributed by atoms with Crippen molar-refractivity contribution in [3.8, 4) is 11.5 Å². The summed E-state index contributed by atoms with van der Waals surface area (Å²) in [5.41, 5.74) is 3.59. The number of ether oxygens (including phenoxy) is 2. The van der Waals surface area contributed by atoms with Gasteiger partial charge in [-0.05, 0) is 42.5 Å². The molecule has 1 aromatic heterocycles. The first kappa shape index (κ1) is 17.6. The predicted octanol–water partition coefficient (Wildman–Crippen LogP) is 3.90. The molecular formula is C19H16N2O4S. The standard InChI is InChI=1S/C19H16N2O4S/c1-13(22)21-15-5-7-17(8-6-15)25-19(23)14-3-2-4-18(9-14)24-10-16-11-26-12-20-16/h2-9,11-12H,10H2,1H3,(H,21,22). The minimum atomic E-state index is -0.489. The molecule has 0 saturated carbocycles. The predicted molar refractivity (Wildman–Crippen MR) is 98.6 cm³/mol. The molecule has 1 heterocycles. The van der Waals surface area contributed by atoms with Crippen molar-refractivity contribution in [1.29, 1.82) is 0 Å². The maximum absolute atomic E-state index is 12.3. The van der Waals surface area contributed by atoms with E-state index in [1.807, 2.05) is 5.38 Å². The second-order valence-electron chi connectivity index (χ2n) is 5.39. The SMILES string of the molecule is CC(=O)Nc1ccc(OC(=O)c2cccc(OCc3cscn3)c2)cc1. The van der Waals surface area contributed by atoms with Crippen LogP contribution in [-0.4, -0.2) is 16.9 Å². The summed E-state index contributed by atoms with van der Waals surface area (Å²) in [5, 5.41) is 4.56. The number of benzene rings is 2. The Balaban J connectivity index is 1.62. The Morgan fingerprint density at radius 2 is 1.92 bits per heavy atom. The van der Waals surface area contributed by atoms with Crippen molar-refractivity contribution in [3.63, 3.8) is 0 Å². The topological polar surface area (TPSA) is 77.5 Å². The van der Waals surface area contributed by atoms with Crippen LogP contribution < -0.4 is 14.8 Å². The van der Waals surface area contributed by atoms with Crippen LogP contribution in [0.5, 0.6) is 11.5 Å². The average Bonchev–Trinajstić information content (AvgIpc) is 3.15. The quantitative estimate of drug-likeness (QED) is 0.527. The summed E-state index contributed by atoms with van der Waals surface area (Å²) in [7, 11) is 0. The molecule has 3 aromatic rings. The second-order valence-corrected chi connectivity index (χ2v) is 6.11. The summed E-state index contributed by atoms with van der Waals surface area (Å²) >= 11 is 1.50. The van der Waals surface area contributed by atoms with Gasteiger partial charge in [0.15, 0.2) is 0 Å². The van der Waals surface area contributed by atoms with Crippen molar-refractivity contribution in [2.45, 2.75) is 13.5 Å². The molecule has 0 aliphatic carbocycles. The van der Waals surface area contributed by atoms with Crippen LogP contribution in [0.3, 0.4) is 0 Å². The fourth-order valence-electron chi connectivity index (χ4n) is 2.15. The van der Waals surface area contributed by atoms with E-state index < -0.39 is 5.97 Å². The Kier molecular flexibility index (Phi) is 5.60. The number of anilines is 1. The number of nitrogens with one attached hydrogen (secondary N) is 1. The first-order chi connectivity index (χ1) is 12.6. The van der Waals surface area contributed by atoms with Gasteiger partial charge < -0.3 is 14.8 Å². The van der Waals surface area contributed by atoms with Crippen LogP contribution in [0.4, 0.5) is 5.69 Å². The van der Waals surface area contributed by atoms with Crippen LogP contribution in [0.25, 0.3) is 0 Å². The number of hydrogen-bond donors (Lipinski definition) is 1. The highest BCUT2D eigenvalue weighted by Gasteiger charge is 2.10. The zero-order valence-corrected chi connectivity index (χ0v) is 14.8. The highest BCUT2D eigenvalue weighted by atomic mass is 32.1. The highest BCUT2D eigenvalue weighted by molar-refractivity contribution is 7.07. The molecule has 0 bridgehead atoms. The first-order valence-corrected chi connectivity index (χ1v) is 8.74. The van der Waals surface area contributed by atoms with E-state index in [9.17, 15) is 9.59 Å². The molecular weight excluding hydrogens is 352 g/mol. The summed E-state index contributed by atoms with van der Waals surface area (Å²) in [6.45, 7) is 1.77. The van der Waals surface area contributed by atoms with Gasteiger partial charge in [0.25, 0.3) is 0 Å². The van der Waals surface area contributed by atoms with Gasteiger partial charge in [-0.1, -0.05) is 6.07 Å². The molecule has 0 spiro atoms. The average molecular weight is 368 g/mol. The third-order valence-corrected chi connectivity index (χ3v) is 3.96. The lowest BCUT2D eigenvalue weighted by atomic mass is 10.2. The van der Waals surface area contributed by atoms with E-state index in [1.54, 1.807) is 54.0 Å². The zero-order chi connectivity index (χ0) is 18.4. The third-order valence-electron chi connectivity index (χ3n) is 3.33. The first-order valence-electron chi connectivity index (χ1n) is 7.80. The molecule has 0 fully saturated rings. The number of aromatic nitrogens is 1. The molecule has 2 aromatic carbocycles. The summed E-state index contributed by atoms with van der Waals surface area (Å²) in [5.74, 6) is 0.298. The van der Waals surface area contributed by atoms with E-state index in [0.29, 0.717) is 29.4 Å². The summed E-state index contributed by atoms with van der Waals surface area (Å²) in [6.07, 6.45) is 0. The van der Waals surface area contributed by atoms with Crippen molar-refractivity contribution >= 4 is 28.9 Å². The number of carbonyl (C=O) groups excluding carboxylic acids is 2. The van der Waals surface area contributed by atoms with E-state index in [2.05, 4.69) is 10.3 Å². The number of nitrogens with zero attached hydrogens (tertiary/aromatic N) is 1. The van der Waals surface area contributed by atoms with E-state index >= 15 is 0 Å². The lowest BCUT2D eigenvalue weighted by Gasteiger charge is -2.08. The number of hydrogen-bond acceptors (Lipinski definition) is 6. The number of thiazole rings is 1. The fourth-order valence-corrected chi connectivity index (χ4v) is 2.70. The van der Waals surface area contributed by atoms with Crippen molar-refractivity contribution < 1.29 is 19.1 Å².